The average molecular weight is 214 g/mol. The van der Waals surface area contributed by atoms with Crippen LogP contribution in [-0.4, -0.2) is 44.2 Å². The fourth-order valence-corrected chi connectivity index (χ4v) is 2.08. The van der Waals surface area contributed by atoms with E-state index in [1.807, 2.05) is 0 Å². The second-order valence-corrected chi connectivity index (χ2v) is 4.42. The number of ether oxygens (including phenoxy) is 1. The zero-order valence-corrected chi connectivity index (χ0v) is 9.74. The van der Waals surface area contributed by atoms with E-state index in [9.17, 15) is 4.79 Å². The fourth-order valence-electron chi connectivity index (χ4n) is 2.08. The van der Waals surface area contributed by atoms with Crippen LogP contribution < -0.4 is 5.73 Å². The van der Waals surface area contributed by atoms with E-state index in [0.717, 1.165) is 32.4 Å². The Balaban J connectivity index is 2.35. The lowest BCUT2D eigenvalue weighted by atomic mass is 9.91. The molecule has 0 aliphatic carbocycles. The van der Waals surface area contributed by atoms with E-state index in [1.54, 1.807) is 0 Å². The Morgan fingerprint density at radius 2 is 2.13 bits per heavy atom. The highest BCUT2D eigenvalue weighted by molar-refractivity contribution is 5.69. The van der Waals surface area contributed by atoms with E-state index in [2.05, 4.69) is 16.7 Å². The highest BCUT2D eigenvalue weighted by Gasteiger charge is 2.22. The van der Waals surface area contributed by atoms with Crippen LogP contribution >= 0.6 is 0 Å². The maximum Gasteiger partial charge on any atom is 0.305 e. The topological polar surface area (TPSA) is 55.6 Å². The van der Waals surface area contributed by atoms with Crippen molar-refractivity contribution in [3.8, 4) is 0 Å². The van der Waals surface area contributed by atoms with E-state index >= 15 is 0 Å². The van der Waals surface area contributed by atoms with Crippen molar-refractivity contribution in [2.75, 3.05) is 27.2 Å². The quantitative estimate of drug-likeness (QED) is 0.699. The first-order chi connectivity index (χ1) is 7.13. The summed E-state index contributed by atoms with van der Waals surface area (Å²) < 4.78 is 4.64. The summed E-state index contributed by atoms with van der Waals surface area (Å²) in [5.41, 5.74) is 6.09. The van der Waals surface area contributed by atoms with E-state index in [-0.39, 0.29) is 12.0 Å². The summed E-state index contributed by atoms with van der Waals surface area (Å²) in [4.78, 5) is 13.3. The molecule has 0 bridgehead atoms. The van der Waals surface area contributed by atoms with Gasteiger partial charge in [0.05, 0.1) is 7.11 Å². The van der Waals surface area contributed by atoms with Crippen molar-refractivity contribution < 1.29 is 9.53 Å². The molecule has 0 aromatic heterocycles. The maximum atomic E-state index is 11.0. The highest BCUT2D eigenvalue weighted by Crippen LogP contribution is 2.20. The molecular formula is C11H22N2O2. The van der Waals surface area contributed by atoms with Gasteiger partial charge < -0.3 is 15.4 Å². The minimum atomic E-state index is -0.125. The number of nitrogens with zero attached hydrogens (tertiary/aromatic N) is 1. The summed E-state index contributed by atoms with van der Waals surface area (Å²) in [5.74, 6) is 0.342. The van der Waals surface area contributed by atoms with Crippen LogP contribution in [0.2, 0.25) is 0 Å². The number of hydrogen-bond acceptors (Lipinski definition) is 4. The van der Waals surface area contributed by atoms with Crippen molar-refractivity contribution in [3.05, 3.63) is 0 Å². The molecule has 1 aliphatic heterocycles. The number of carbonyl (C=O) groups excluding carboxylic acids is 1. The molecule has 0 aromatic rings. The monoisotopic (exact) mass is 214 g/mol. The van der Waals surface area contributed by atoms with Gasteiger partial charge in [0.2, 0.25) is 0 Å². The summed E-state index contributed by atoms with van der Waals surface area (Å²) in [6.07, 6.45) is 3.48. The molecule has 1 rings (SSSR count). The number of likely N-dealkylation sites (tertiary alicyclic amines) is 1. The van der Waals surface area contributed by atoms with Crippen LogP contribution in [0.15, 0.2) is 0 Å². The molecular weight excluding hydrogens is 192 g/mol. The maximum absolute atomic E-state index is 11.0. The van der Waals surface area contributed by atoms with Crippen LogP contribution in [0.1, 0.15) is 25.7 Å². The standard InChI is InChI=1S/C11H22N2O2/c1-13-7-5-9(10(12)6-8-13)3-4-11(14)15-2/h9-10H,3-8,12H2,1-2H3/t9-,10-/m0/s1. The predicted octanol–water partition coefficient (Wildman–Crippen LogP) is 0.609. The minimum absolute atomic E-state index is 0.125. The van der Waals surface area contributed by atoms with Gasteiger partial charge >= 0.3 is 5.97 Å². The first-order valence-electron chi connectivity index (χ1n) is 5.64. The van der Waals surface area contributed by atoms with Gasteiger partial charge in [0.25, 0.3) is 0 Å². The number of rotatable bonds is 3. The molecule has 4 heteroatoms. The number of nitrogens with two attached hydrogens (primary N) is 1. The van der Waals surface area contributed by atoms with Crippen LogP contribution in [0, 0.1) is 5.92 Å². The molecule has 88 valence electrons. The Bertz CT molecular complexity index is 209. The summed E-state index contributed by atoms with van der Waals surface area (Å²) >= 11 is 0. The lowest BCUT2D eigenvalue weighted by Crippen LogP contribution is -2.30. The molecule has 0 radical (unpaired) electrons. The highest BCUT2D eigenvalue weighted by atomic mass is 16.5. The van der Waals surface area contributed by atoms with Crippen molar-refractivity contribution in [2.24, 2.45) is 11.7 Å². The SMILES string of the molecule is COC(=O)CC[C@H]1CCN(C)CC[C@@H]1N. The van der Waals surface area contributed by atoms with Crippen molar-refractivity contribution >= 4 is 5.97 Å². The van der Waals surface area contributed by atoms with Gasteiger partial charge in [-0.15, -0.1) is 0 Å². The Kier molecular flexibility index (Phi) is 5.05. The number of esters is 1. The molecule has 2 N–H and O–H groups in total. The van der Waals surface area contributed by atoms with Gasteiger partial charge in [-0.1, -0.05) is 0 Å². The molecule has 2 atom stereocenters. The summed E-state index contributed by atoms with van der Waals surface area (Å²) in [6.45, 7) is 2.15. The van der Waals surface area contributed by atoms with Gasteiger partial charge in [-0.05, 0) is 45.3 Å². The van der Waals surface area contributed by atoms with E-state index in [1.165, 1.54) is 7.11 Å². The Morgan fingerprint density at radius 3 is 2.80 bits per heavy atom. The van der Waals surface area contributed by atoms with Crippen LogP contribution in [0.3, 0.4) is 0 Å². The smallest absolute Gasteiger partial charge is 0.305 e. The number of hydrogen-bond donors (Lipinski definition) is 1. The molecule has 4 nitrogen and oxygen atoms in total. The zero-order chi connectivity index (χ0) is 11.3. The summed E-state index contributed by atoms with van der Waals surface area (Å²) in [5, 5.41) is 0. The van der Waals surface area contributed by atoms with E-state index < -0.39 is 0 Å². The van der Waals surface area contributed by atoms with Gasteiger partial charge in [0.15, 0.2) is 0 Å². The van der Waals surface area contributed by atoms with Crippen molar-refractivity contribution in [3.63, 3.8) is 0 Å². The predicted molar refractivity (Wildman–Crippen MR) is 59.4 cm³/mol. The van der Waals surface area contributed by atoms with E-state index in [4.69, 9.17) is 5.73 Å². The van der Waals surface area contributed by atoms with Gasteiger partial charge in [-0.2, -0.15) is 0 Å². The third-order valence-electron chi connectivity index (χ3n) is 3.28. The van der Waals surface area contributed by atoms with Crippen LogP contribution in [0.25, 0.3) is 0 Å². The second kappa shape index (κ2) is 6.08. The average Bonchev–Trinajstić information content (AvgIpc) is 2.39. The largest absolute Gasteiger partial charge is 0.469 e. The number of methoxy groups -OCH3 is 1. The molecule has 0 spiro atoms. The van der Waals surface area contributed by atoms with E-state index in [0.29, 0.717) is 12.3 Å². The van der Waals surface area contributed by atoms with Crippen LogP contribution in [0.5, 0.6) is 0 Å². The summed E-state index contributed by atoms with van der Waals surface area (Å²) in [6, 6.07) is 0.236. The molecule has 0 aromatic carbocycles. The third-order valence-corrected chi connectivity index (χ3v) is 3.28. The normalized spacial score (nSPS) is 28.5. The Labute approximate surface area is 91.8 Å². The third kappa shape index (κ3) is 4.18. The molecule has 0 saturated carbocycles. The second-order valence-electron chi connectivity index (χ2n) is 4.42. The first kappa shape index (κ1) is 12.5. The molecule has 1 fully saturated rings. The van der Waals surface area contributed by atoms with Crippen molar-refractivity contribution in [1.82, 2.24) is 4.90 Å². The zero-order valence-electron chi connectivity index (χ0n) is 9.74. The van der Waals surface area contributed by atoms with Gasteiger partial charge in [0, 0.05) is 12.5 Å². The van der Waals surface area contributed by atoms with Gasteiger partial charge in [0.1, 0.15) is 0 Å². The van der Waals surface area contributed by atoms with Crippen molar-refractivity contribution in [2.45, 2.75) is 31.7 Å². The Hall–Kier alpha value is -0.610. The Morgan fingerprint density at radius 1 is 1.47 bits per heavy atom. The minimum Gasteiger partial charge on any atom is -0.469 e. The lowest BCUT2D eigenvalue weighted by molar-refractivity contribution is -0.141. The van der Waals surface area contributed by atoms with Crippen LogP contribution in [0.4, 0.5) is 0 Å². The van der Waals surface area contributed by atoms with Crippen LogP contribution in [-0.2, 0) is 9.53 Å². The first-order valence-corrected chi connectivity index (χ1v) is 5.64. The molecule has 1 aliphatic rings. The van der Waals surface area contributed by atoms with Crippen molar-refractivity contribution in [1.29, 1.82) is 0 Å². The molecule has 0 unspecified atom stereocenters. The molecule has 1 saturated heterocycles. The molecule has 0 amide bonds. The molecule has 15 heavy (non-hydrogen) atoms. The number of carbonyl (C=O) groups is 1. The molecule has 1 heterocycles. The summed E-state index contributed by atoms with van der Waals surface area (Å²) in [7, 11) is 3.55. The fraction of sp³-hybridized carbons (Fsp3) is 0.909. The van der Waals surface area contributed by atoms with Gasteiger partial charge in [-0.25, -0.2) is 0 Å². The lowest BCUT2D eigenvalue weighted by Gasteiger charge is -2.19. The van der Waals surface area contributed by atoms with Gasteiger partial charge in [-0.3, -0.25) is 4.79 Å².